The molecule has 0 radical (unpaired) electrons. The lowest BCUT2D eigenvalue weighted by molar-refractivity contribution is 0.123. The molecule has 0 N–H and O–H groups in total. The molecule has 2 aliphatic heterocycles. The number of allylic oxidation sites excluding steroid dienone is 3. The van der Waals surface area contributed by atoms with Gasteiger partial charge in [-0.1, -0.05) is 0 Å². The van der Waals surface area contributed by atoms with Crippen LogP contribution in [-0.4, -0.2) is 49.1 Å². The van der Waals surface area contributed by atoms with E-state index in [0.717, 1.165) is 23.4 Å². The summed E-state index contributed by atoms with van der Waals surface area (Å²) >= 11 is 0. The highest BCUT2D eigenvalue weighted by atomic mass is 16.6. The van der Waals surface area contributed by atoms with Gasteiger partial charge >= 0.3 is 6.09 Å². The maximum atomic E-state index is 11.9. The summed E-state index contributed by atoms with van der Waals surface area (Å²) in [7, 11) is 1.67. The Morgan fingerprint density at radius 3 is 3.15 bits per heavy atom. The lowest BCUT2D eigenvalue weighted by Crippen LogP contribution is -2.30. The Labute approximate surface area is 118 Å². The Hall–Kier alpha value is -1.88. The van der Waals surface area contributed by atoms with Gasteiger partial charge in [0.05, 0.1) is 24.5 Å². The average Bonchev–Trinajstić information content (AvgIpc) is 2.87. The summed E-state index contributed by atoms with van der Waals surface area (Å²) < 4.78 is 10.4. The summed E-state index contributed by atoms with van der Waals surface area (Å²) in [4.78, 5) is 18.3. The van der Waals surface area contributed by atoms with Crippen molar-refractivity contribution in [2.45, 2.75) is 25.5 Å². The third-order valence-corrected chi connectivity index (χ3v) is 3.72. The van der Waals surface area contributed by atoms with Crippen molar-refractivity contribution in [3.05, 3.63) is 35.6 Å². The molecule has 0 spiro atoms. The molecule has 5 heteroatoms. The number of carbonyl (C=O) groups excluding carboxylic acids is 1. The fourth-order valence-electron chi connectivity index (χ4n) is 2.72. The molecule has 0 aromatic rings. The van der Waals surface area contributed by atoms with E-state index in [1.54, 1.807) is 12.0 Å². The zero-order valence-electron chi connectivity index (χ0n) is 11.7. The predicted molar refractivity (Wildman–Crippen MR) is 75.7 cm³/mol. The Kier molecular flexibility index (Phi) is 3.44. The fourth-order valence-corrected chi connectivity index (χ4v) is 2.72. The zero-order valence-corrected chi connectivity index (χ0v) is 11.7. The number of aliphatic imine (C=N–C) groups is 1. The van der Waals surface area contributed by atoms with Crippen LogP contribution in [0.15, 0.2) is 40.6 Å². The Balaban J connectivity index is 1.88. The van der Waals surface area contributed by atoms with Crippen LogP contribution >= 0.6 is 0 Å². The van der Waals surface area contributed by atoms with Gasteiger partial charge in [0.25, 0.3) is 0 Å². The molecule has 2 atom stereocenters. The molecule has 106 valence electrons. The highest BCUT2D eigenvalue weighted by Crippen LogP contribution is 2.32. The van der Waals surface area contributed by atoms with E-state index in [0.29, 0.717) is 13.2 Å². The number of amides is 1. The number of methoxy groups -OCH3 is 1. The summed E-state index contributed by atoms with van der Waals surface area (Å²) in [5.74, 6) is 0. The van der Waals surface area contributed by atoms with Crippen LogP contribution in [0.5, 0.6) is 0 Å². The van der Waals surface area contributed by atoms with Crippen molar-refractivity contribution >= 4 is 11.8 Å². The molecule has 1 fully saturated rings. The van der Waals surface area contributed by atoms with E-state index in [1.165, 1.54) is 0 Å². The fraction of sp³-hybridized carbons (Fsp3) is 0.467. The third-order valence-electron chi connectivity index (χ3n) is 3.72. The molecule has 2 unspecified atom stereocenters. The Morgan fingerprint density at radius 1 is 1.55 bits per heavy atom. The molecular weight excluding hydrogens is 256 g/mol. The number of likely N-dealkylation sites (tertiary alicyclic amines) is 1. The normalized spacial score (nSPS) is 27.3. The second-order valence-corrected chi connectivity index (χ2v) is 4.92. The van der Waals surface area contributed by atoms with Gasteiger partial charge in [0, 0.05) is 24.9 Å². The van der Waals surface area contributed by atoms with Crippen molar-refractivity contribution in [3.8, 4) is 0 Å². The smallest absolute Gasteiger partial charge is 0.414 e. The molecule has 0 saturated carbocycles. The first kappa shape index (κ1) is 13.1. The SMILES string of the molecule is CCOC(=O)N1CCC2N=C3C=CC(OC)C=C3C=C21. The number of hydrogen-bond acceptors (Lipinski definition) is 4. The summed E-state index contributed by atoms with van der Waals surface area (Å²) in [5, 5.41) is 0. The van der Waals surface area contributed by atoms with E-state index in [9.17, 15) is 4.79 Å². The van der Waals surface area contributed by atoms with E-state index in [-0.39, 0.29) is 18.2 Å². The van der Waals surface area contributed by atoms with Gasteiger partial charge < -0.3 is 9.47 Å². The first-order chi connectivity index (χ1) is 9.72. The van der Waals surface area contributed by atoms with Crippen LogP contribution in [0.4, 0.5) is 4.79 Å². The molecule has 3 aliphatic rings. The summed E-state index contributed by atoms with van der Waals surface area (Å²) in [6.45, 7) is 2.87. The minimum absolute atomic E-state index is 0.0326. The number of fused-ring (bicyclic) bond motifs is 2. The van der Waals surface area contributed by atoms with Gasteiger partial charge in [0.15, 0.2) is 0 Å². The van der Waals surface area contributed by atoms with Crippen molar-refractivity contribution in [2.75, 3.05) is 20.3 Å². The molecule has 3 rings (SSSR count). The summed E-state index contributed by atoms with van der Waals surface area (Å²) in [6.07, 6.45) is 8.56. The number of dihydropyridines is 1. The topological polar surface area (TPSA) is 51.1 Å². The number of carbonyl (C=O) groups is 1. The number of rotatable bonds is 2. The number of hydrogen-bond donors (Lipinski definition) is 0. The van der Waals surface area contributed by atoms with Gasteiger partial charge in [-0.2, -0.15) is 0 Å². The van der Waals surface area contributed by atoms with Crippen LogP contribution in [0.2, 0.25) is 0 Å². The van der Waals surface area contributed by atoms with Gasteiger partial charge in [0.2, 0.25) is 0 Å². The molecule has 1 amide bonds. The molecule has 0 aromatic heterocycles. The maximum absolute atomic E-state index is 11.9. The highest BCUT2D eigenvalue weighted by Gasteiger charge is 2.35. The first-order valence-electron chi connectivity index (χ1n) is 6.89. The van der Waals surface area contributed by atoms with Crippen LogP contribution in [0, 0.1) is 0 Å². The van der Waals surface area contributed by atoms with Crippen LogP contribution in [0.3, 0.4) is 0 Å². The molecule has 0 bridgehead atoms. The zero-order chi connectivity index (χ0) is 14.1. The number of ether oxygens (including phenoxy) is 2. The van der Waals surface area contributed by atoms with Crippen molar-refractivity contribution in [2.24, 2.45) is 4.99 Å². The summed E-state index contributed by atoms with van der Waals surface area (Å²) in [6, 6.07) is 0.0651. The Bertz CT molecular complexity index is 545. The predicted octanol–water partition coefficient (Wildman–Crippen LogP) is 2.07. The van der Waals surface area contributed by atoms with Gasteiger partial charge in [-0.15, -0.1) is 0 Å². The highest BCUT2D eigenvalue weighted by molar-refractivity contribution is 6.12. The summed E-state index contributed by atoms with van der Waals surface area (Å²) in [5.41, 5.74) is 2.92. The maximum Gasteiger partial charge on any atom is 0.414 e. The molecule has 20 heavy (non-hydrogen) atoms. The molecule has 1 saturated heterocycles. The van der Waals surface area contributed by atoms with Crippen LogP contribution < -0.4 is 0 Å². The van der Waals surface area contributed by atoms with Gasteiger partial charge in [-0.05, 0) is 37.6 Å². The van der Waals surface area contributed by atoms with Gasteiger partial charge in [-0.3, -0.25) is 9.89 Å². The monoisotopic (exact) mass is 274 g/mol. The molecule has 1 aliphatic carbocycles. The van der Waals surface area contributed by atoms with E-state index in [1.807, 2.05) is 31.2 Å². The van der Waals surface area contributed by atoms with Gasteiger partial charge in [0.1, 0.15) is 0 Å². The van der Waals surface area contributed by atoms with Crippen LogP contribution in [0.25, 0.3) is 0 Å². The molecule has 0 aromatic carbocycles. The largest absolute Gasteiger partial charge is 0.449 e. The minimum atomic E-state index is -0.282. The van der Waals surface area contributed by atoms with E-state index < -0.39 is 0 Å². The van der Waals surface area contributed by atoms with E-state index in [2.05, 4.69) is 0 Å². The van der Waals surface area contributed by atoms with E-state index in [4.69, 9.17) is 14.5 Å². The second kappa shape index (κ2) is 5.25. The Morgan fingerprint density at radius 2 is 2.40 bits per heavy atom. The quantitative estimate of drug-likeness (QED) is 0.774. The van der Waals surface area contributed by atoms with Crippen LogP contribution in [0.1, 0.15) is 13.3 Å². The minimum Gasteiger partial charge on any atom is -0.449 e. The van der Waals surface area contributed by atoms with Crippen molar-refractivity contribution in [3.63, 3.8) is 0 Å². The molecule has 2 heterocycles. The average molecular weight is 274 g/mol. The van der Waals surface area contributed by atoms with Crippen molar-refractivity contribution < 1.29 is 14.3 Å². The van der Waals surface area contributed by atoms with Crippen LogP contribution in [-0.2, 0) is 9.47 Å². The molecular formula is C15H18N2O3. The van der Waals surface area contributed by atoms with Crippen molar-refractivity contribution in [1.29, 1.82) is 0 Å². The third kappa shape index (κ3) is 2.18. The van der Waals surface area contributed by atoms with Crippen molar-refractivity contribution in [1.82, 2.24) is 4.90 Å². The van der Waals surface area contributed by atoms with Gasteiger partial charge in [-0.25, -0.2) is 4.79 Å². The number of nitrogens with zero attached hydrogens (tertiary/aromatic N) is 2. The second-order valence-electron chi connectivity index (χ2n) is 4.92. The first-order valence-corrected chi connectivity index (χ1v) is 6.89. The van der Waals surface area contributed by atoms with E-state index >= 15 is 0 Å². The molecule has 5 nitrogen and oxygen atoms in total. The lowest BCUT2D eigenvalue weighted by Gasteiger charge is -2.24. The lowest BCUT2D eigenvalue weighted by atomic mass is 9.96. The standard InChI is InChI=1S/C15H18N2O3/c1-3-20-15(18)17-7-6-13-14(17)9-10-8-11(19-2)4-5-12(10)16-13/h4-5,8-9,11,13H,3,6-7H2,1-2H3.